The van der Waals surface area contributed by atoms with E-state index in [1.54, 1.807) is 31.2 Å². The number of rotatable bonds is 7. The lowest BCUT2D eigenvalue weighted by molar-refractivity contribution is -0.131. The zero-order valence-corrected chi connectivity index (χ0v) is 10.7. The molecule has 0 radical (unpaired) electrons. The van der Waals surface area contributed by atoms with E-state index in [-0.39, 0.29) is 19.1 Å². The summed E-state index contributed by atoms with van der Waals surface area (Å²) in [7, 11) is 0. The molecule has 0 aliphatic rings. The van der Waals surface area contributed by atoms with Crippen LogP contribution in [0.1, 0.15) is 18.6 Å². The average Bonchev–Trinajstić information content (AvgIpc) is 2.42. The molecule has 0 aromatic heterocycles. The molecule has 0 spiro atoms. The van der Waals surface area contributed by atoms with Gasteiger partial charge >= 0.3 is 5.97 Å². The van der Waals surface area contributed by atoms with Gasteiger partial charge in [0.25, 0.3) is 0 Å². The molecular formula is C14H18O5. The fraction of sp³-hybridized carbons (Fsp3) is 0.357. The molecule has 1 aromatic rings. The van der Waals surface area contributed by atoms with Crippen molar-refractivity contribution in [2.24, 2.45) is 5.92 Å². The number of benzene rings is 1. The first-order valence-corrected chi connectivity index (χ1v) is 5.97. The summed E-state index contributed by atoms with van der Waals surface area (Å²) in [5.41, 5.74) is 0.680. The van der Waals surface area contributed by atoms with Gasteiger partial charge in [-0.3, -0.25) is 0 Å². The van der Waals surface area contributed by atoms with Gasteiger partial charge in [-0.15, -0.1) is 0 Å². The summed E-state index contributed by atoms with van der Waals surface area (Å²) in [6.45, 7) is 1.90. The Balaban J connectivity index is 2.66. The van der Waals surface area contributed by atoms with Gasteiger partial charge in [0.2, 0.25) is 0 Å². The second kappa shape index (κ2) is 7.56. The molecule has 0 heterocycles. The second-order valence-electron chi connectivity index (χ2n) is 4.14. The van der Waals surface area contributed by atoms with Gasteiger partial charge in [0.15, 0.2) is 0 Å². The van der Waals surface area contributed by atoms with Crippen LogP contribution in [-0.2, 0) is 4.79 Å². The fourth-order valence-corrected chi connectivity index (χ4v) is 1.57. The quantitative estimate of drug-likeness (QED) is 0.649. The fourth-order valence-electron chi connectivity index (χ4n) is 1.57. The molecule has 5 heteroatoms. The lowest BCUT2D eigenvalue weighted by Gasteiger charge is -2.16. The molecule has 19 heavy (non-hydrogen) atoms. The number of carbonyl (C=O) groups is 1. The van der Waals surface area contributed by atoms with Gasteiger partial charge in [-0.1, -0.05) is 25.1 Å². The zero-order valence-electron chi connectivity index (χ0n) is 10.7. The van der Waals surface area contributed by atoms with E-state index in [0.717, 1.165) is 6.08 Å². The highest BCUT2D eigenvalue weighted by atomic mass is 16.5. The molecule has 0 saturated heterocycles. The van der Waals surface area contributed by atoms with Crippen LogP contribution in [0.3, 0.4) is 0 Å². The molecule has 0 saturated carbocycles. The summed E-state index contributed by atoms with van der Waals surface area (Å²) in [4.78, 5) is 10.4. The SMILES string of the molecule is C[C@H](/C=C/C(=O)O)[C@H](O)c1ccc(OCCO)cc1. The van der Waals surface area contributed by atoms with Crippen LogP contribution in [0.2, 0.25) is 0 Å². The number of hydrogen-bond donors (Lipinski definition) is 3. The summed E-state index contributed by atoms with van der Waals surface area (Å²) in [5.74, 6) is -0.731. The van der Waals surface area contributed by atoms with Crippen molar-refractivity contribution in [1.82, 2.24) is 0 Å². The van der Waals surface area contributed by atoms with Crippen molar-refractivity contribution in [1.29, 1.82) is 0 Å². The summed E-state index contributed by atoms with van der Waals surface area (Å²) in [6.07, 6.45) is 1.69. The molecule has 104 valence electrons. The lowest BCUT2D eigenvalue weighted by atomic mass is 9.97. The number of aliphatic hydroxyl groups excluding tert-OH is 2. The molecule has 0 fully saturated rings. The van der Waals surface area contributed by atoms with Crippen molar-refractivity contribution in [2.75, 3.05) is 13.2 Å². The third kappa shape index (κ3) is 5.11. The van der Waals surface area contributed by atoms with Crippen LogP contribution < -0.4 is 4.74 Å². The lowest BCUT2D eigenvalue weighted by Crippen LogP contribution is -2.07. The highest BCUT2D eigenvalue weighted by Crippen LogP contribution is 2.24. The second-order valence-corrected chi connectivity index (χ2v) is 4.14. The Bertz CT molecular complexity index is 424. The van der Waals surface area contributed by atoms with Crippen molar-refractivity contribution in [3.8, 4) is 5.75 Å². The maximum absolute atomic E-state index is 10.4. The Morgan fingerprint density at radius 1 is 1.37 bits per heavy atom. The maximum atomic E-state index is 10.4. The Kier molecular flexibility index (Phi) is 6.05. The van der Waals surface area contributed by atoms with Gasteiger partial charge in [0, 0.05) is 12.0 Å². The van der Waals surface area contributed by atoms with Crippen LogP contribution in [0, 0.1) is 5.92 Å². The summed E-state index contributed by atoms with van der Waals surface area (Å²) < 4.78 is 5.21. The molecule has 0 amide bonds. The first-order chi connectivity index (χ1) is 9.04. The molecule has 0 bridgehead atoms. The van der Waals surface area contributed by atoms with Crippen LogP contribution in [-0.4, -0.2) is 34.5 Å². The summed E-state index contributed by atoms with van der Waals surface area (Å²) >= 11 is 0. The molecule has 0 aliphatic heterocycles. The molecule has 0 aliphatic carbocycles. The van der Waals surface area contributed by atoms with Crippen molar-refractivity contribution < 1.29 is 24.9 Å². The summed E-state index contributed by atoms with van der Waals surface area (Å²) in [5, 5.41) is 27.2. The number of hydrogen-bond acceptors (Lipinski definition) is 4. The van der Waals surface area contributed by atoms with E-state index in [1.807, 2.05) is 0 Å². The maximum Gasteiger partial charge on any atom is 0.327 e. The summed E-state index contributed by atoms with van der Waals surface area (Å²) in [6, 6.07) is 6.81. The minimum absolute atomic E-state index is 0.0542. The molecule has 1 rings (SSSR count). The van der Waals surface area contributed by atoms with E-state index in [4.69, 9.17) is 14.9 Å². The van der Waals surface area contributed by atoms with Gasteiger partial charge in [0.1, 0.15) is 12.4 Å². The molecule has 5 nitrogen and oxygen atoms in total. The van der Waals surface area contributed by atoms with Gasteiger partial charge in [0.05, 0.1) is 12.7 Å². The molecule has 2 atom stereocenters. The predicted molar refractivity (Wildman–Crippen MR) is 69.9 cm³/mol. The highest BCUT2D eigenvalue weighted by molar-refractivity contribution is 5.79. The monoisotopic (exact) mass is 266 g/mol. The van der Waals surface area contributed by atoms with Crippen molar-refractivity contribution in [3.05, 3.63) is 42.0 Å². The van der Waals surface area contributed by atoms with E-state index in [9.17, 15) is 9.90 Å². The first-order valence-electron chi connectivity index (χ1n) is 5.97. The van der Waals surface area contributed by atoms with Crippen molar-refractivity contribution in [2.45, 2.75) is 13.0 Å². The van der Waals surface area contributed by atoms with Crippen molar-refractivity contribution >= 4 is 5.97 Å². The van der Waals surface area contributed by atoms with E-state index in [1.165, 1.54) is 6.08 Å². The van der Waals surface area contributed by atoms with E-state index in [0.29, 0.717) is 11.3 Å². The average molecular weight is 266 g/mol. The number of carboxylic acid groups (broad SMARTS) is 1. The van der Waals surface area contributed by atoms with Crippen molar-refractivity contribution in [3.63, 3.8) is 0 Å². The van der Waals surface area contributed by atoms with Gasteiger partial charge < -0.3 is 20.1 Å². The van der Waals surface area contributed by atoms with Gasteiger partial charge in [-0.25, -0.2) is 4.79 Å². The Labute approximate surface area is 111 Å². The third-order valence-corrected chi connectivity index (χ3v) is 2.62. The molecule has 3 N–H and O–H groups in total. The standard InChI is InChI=1S/C14H18O5/c1-10(2-7-13(16)17)14(18)11-3-5-12(6-4-11)19-9-8-15/h2-7,10,14-15,18H,8-9H2,1H3,(H,16,17)/b7-2+/t10-,14+/m1/s1. The van der Waals surface area contributed by atoms with E-state index >= 15 is 0 Å². The number of aliphatic hydroxyl groups is 2. The Morgan fingerprint density at radius 2 is 2.00 bits per heavy atom. The topological polar surface area (TPSA) is 87.0 Å². The minimum Gasteiger partial charge on any atom is -0.491 e. The normalized spacial score (nSPS) is 14.3. The third-order valence-electron chi connectivity index (χ3n) is 2.62. The number of aliphatic carboxylic acids is 1. The molecule has 1 aromatic carbocycles. The first kappa shape index (κ1) is 15.2. The Morgan fingerprint density at radius 3 is 2.53 bits per heavy atom. The van der Waals surface area contributed by atoms with Crippen LogP contribution in [0.4, 0.5) is 0 Å². The Hall–Kier alpha value is -1.85. The van der Waals surface area contributed by atoms with E-state index < -0.39 is 12.1 Å². The van der Waals surface area contributed by atoms with Gasteiger partial charge in [-0.2, -0.15) is 0 Å². The van der Waals surface area contributed by atoms with Crippen LogP contribution in [0.5, 0.6) is 5.75 Å². The predicted octanol–water partition coefficient (Wildman–Crippen LogP) is 1.37. The molecule has 0 unspecified atom stereocenters. The number of carboxylic acids is 1. The number of ether oxygens (including phenoxy) is 1. The zero-order chi connectivity index (χ0) is 14.3. The van der Waals surface area contributed by atoms with E-state index in [2.05, 4.69) is 0 Å². The van der Waals surface area contributed by atoms with Crippen LogP contribution >= 0.6 is 0 Å². The smallest absolute Gasteiger partial charge is 0.327 e. The molecular weight excluding hydrogens is 248 g/mol. The van der Waals surface area contributed by atoms with Crippen LogP contribution in [0.15, 0.2) is 36.4 Å². The largest absolute Gasteiger partial charge is 0.491 e. The van der Waals surface area contributed by atoms with Crippen LogP contribution in [0.25, 0.3) is 0 Å². The minimum atomic E-state index is -1.04. The highest BCUT2D eigenvalue weighted by Gasteiger charge is 2.14. The van der Waals surface area contributed by atoms with Gasteiger partial charge in [-0.05, 0) is 17.7 Å².